The highest BCUT2D eigenvalue weighted by molar-refractivity contribution is 6.01. The molecule has 0 aromatic heterocycles. The monoisotopic (exact) mass is 207 g/mol. The fourth-order valence-electron chi connectivity index (χ4n) is 1.57. The Morgan fingerprint density at radius 2 is 2.00 bits per heavy atom. The Labute approximate surface area is 88.7 Å². The quantitative estimate of drug-likeness (QED) is 0.730. The van der Waals surface area contributed by atoms with Gasteiger partial charge in [-0.15, -0.1) is 0 Å². The summed E-state index contributed by atoms with van der Waals surface area (Å²) in [6.07, 6.45) is 0.966. The summed E-state index contributed by atoms with van der Waals surface area (Å²) in [4.78, 5) is 5.31. The molecule has 0 saturated heterocycles. The van der Waals surface area contributed by atoms with E-state index in [9.17, 15) is 4.39 Å². The third-order valence-corrected chi connectivity index (χ3v) is 2.61. The van der Waals surface area contributed by atoms with Crippen molar-refractivity contribution in [2.24, 2.45) is 11.1 Å². The van der Waals surface area contributed by atoms with E-state index in [1.807, 2.05) is 0 Å². The van der Waals surface area contributed by atoms with Gasteiger partial charge >= 0.3 is 0 Å². The minimum Gasteiger partial charge on any atom is -0.392 e. The van der Waals surface area contributed by atoms with Gasteiger partial charge in [0.2, 0.25) is 0 Å². The van der Waals surface area contributed by atoms with Crippen LogP contribution in [-0.4, -0.2) is 11.8 Å². The fourth-order valence-corrected chi connectivity index (χ4v) is 1.57. The lowest BCUT2D eigenvalue weighted by Crippen LogP contribution is -2.15. The molecule has 0 fully saturated rings. The van der Waals surface area contributed by atoms with Crippen LogP contribution in [0.15, 0.2) is 29.4 Å². The van der Waals surface area contributed by atoms with Crippen molar-refractivity contribution in [1.82, 2.24) is 0 Å². The molecule has 0 aliphatic carbocycles. The Balaban J connectivity index is 2.11. The van der Waals surface area contributed by atoms with E-state index in [2.05, 4.69) is 19.0 Å². The predicted molar refractivity (Wildman–Crippen MR) is 57.3 cm³/mol. The molecule has 1 aromatic rings. The van der Waals surface area contributed by atoms with Crippen LogP contribution in [0.4, 0.5) is 4.39 Å². The SMILES string of the molecule is CC(C)C1CC(c2ccc(F)cc2)=NO1. The summed E-state index contributed by atoms with van der Waals surface area (Å²) in [6.45, 7) is 4.21. The van der Waals surface area contributed by atoms with Crippen molar-refractivity contribution in [2.75, 3.05) is 0 Å². The van der Waals surface area contributed by atoms with Crippen LogP contribution in [0.5, 0.6) is 0 Å². The van der Waals surface area contributed by atoms with Crippen LogP contribution < -0.4 is 0 Å². The zero-order valence-electron chi connectivity index (χ0n) is 8.90. The van der Waals surface area contributed by atoms with Crippen LogP contribution in [0.2, 0.25) is 0 Å². The molecule has 15 heavy (non-hydrogen) atoms. The van der Waals surface area contributed by atoms with Gasteiger partial charge in [-0.3, -0.25) is 0 Å². The van der Waals surface area contributed by atoms with Gasteiger partial charge in [0.15, 0.2) is 0 Å². The molecular formula is C12H14FNO. The van der Waals surface area contributed by atoms with E-state index < -0.39 is 0 Å². The molecule has 1 aromatic carbocycles. The highest BCUT2D eigenvalue weighted by Gasteiger charge is 2.24. The molecule has 2 nitrogen and oxygen atoms in total. The smallest absolute Gasteiger partial charge is 0.135 e. The third kappa shape index (κ3) is 2.17. The predicted octanol–water partition coefficient (Wildman–Crippen LogP) is 2.97. The Kier molecular flexibility index (Phi) is 2.71. The molecule has 0 bridgehead atoms. The van der Waals surface area contributed by atoms with Crippen molar-refractivity contribution in [3.8, 4) is 0 Å². The molecule has 0 amide bonds. The number of benzene rings is 1. The van der Waals surface area contributed by atoms with Crippen molar-refractivity contribution in [2.45, 2.75) is 26.4 Å². The van der Waals surface area contributed by atoms with Gasteiger partial charge in [0, 0.05) is 6.42 Å². The van der Waals surface area contributed by atoms with Gasteiger partial charge in [-0.2, -0.15) is 0 Å². The number of rotatable bonds is 2. The second kappa shape index (κ2) is 4.01. The maximum absolute atomic E-state index is 12.7. The average Bonchev–Trinajstić information content (AvgIpc) is 2.68. The molecular weight excluding hydrogens is 193 g/mol. The molecule has 2 rings (SSSR count). The highest BCUT2D eigenvalue weighted by Crippen LogP contribution is 2.21. The summed E-state index contributed by atoms with van der Waals surface area (Å²) in [5.41, 5.74) is 1.85. The second-order valence-electron chi connectivity index (χ2n) is 4.14. The largest absolute Gasteiger partial charge is 0.392 e. The number of oxime groups is 1. The highest BCUT2D eigenvalue weighted by atomic mass is 19.1. The molecule has 80 valence electrons. The zero-order chi connectivity index (χ0) is 10.8. The standard InChI is InChI=1S/C12H14FNO/c1-8(2)12-7-11(14-15-12)9-3-5-10(13)6-4-9/h3-6,8,12H,7H2,1-2H3. The first kappa shape index (κ1) is 10.1. The minimum atomic E-state index is -0.223. The lowest BCUT2D eigenvalue weighted by atomic mass is 9.99. The van der Waals surface area contributed by atoms with Crippen molar-refractivity contribution in [1.29, 1.82) is 0 Å². The van der Waals surface area contributed by atoms with Gasteiger partial charge in [0.05, 0.1) is 5.71 Å². The van der Waals surface area contributed by atoms with E-state index in [1.54, 1.807) is 12.1 Å². The van der Waals surface area contributed by atoms with Crippen molar-refractivity contribution in [3.63, 3.8) is 0 Å². The van der Waals surface area contributed by atoms with Crippen molar-refractivity contribution < 1.29 is 9.23 Å². The van der Waals surface area contributed by atoms with Crippen LogP contribution in [0.3, 0.4) is 0 Å². The summed E-state index contributed by atoms with van der Waals surface area (Å²) in [5, 5.41) is 4.03. The molecule has 1 atom stereocenters. The normalized spacial score (nSPS) is 20.3. The Morgan fingerprint density at radius 3 is 2.53 bits per heavy atom. The number of hydrogen-bond donors (Lipinski definition) is 0. The summed E-state index contributed by atoms with van der Waals surface area (Å²) < 4.78 is 12.7. The molecule has 1 aliphatic rings. The summed E-state index contributed by atoms with van der Waals surface area (Å²) in [5.74, 6) is 0.227. The van der Waals surface area contributed by atoms with Crippen LogP contribution >= 0.6 is 0 Å². The number of halogens is 1. The van der Waals surface area contributed by atoms with Crippen LogP contribution in [0.25, 0.3) is 0 Å². The maximum atomic E-state index is 12.7. The van der Waals surface area contributed by atoms with E-state index >= 15 is 0 Å². The topological polar surface area (TPSA) is 21.6 Å². The van der Waals surface area contributed by atoms with E-state index in [1.165, 1.54) is 12.1 Å². The summed E-state index contributed by atoms with van der Waals surface area (Å²) >= 11 is 0. The fraction of sp³-hybridized carbons (Fsp3) is 0.417. The Morgan fingerprint density at radius 1 is 1.33 bits per heavy atom. The molecule has 0 saturated carbocycles. The molecule has 0 radical (unpaired) electrons. The lowest BCUT2D eigenvalue weighted by molar-refractivity contribution is 0.0521. The molecule has 3 heteroatoms. The molecule has 0 spiro atoms. The summed E-state index contributed by atoms with van der Waals surface area (Å²) in [6, 6.07) is 6.36. The summed E-state index contributed by atoms with van der Waals surface area (Å²) in [7, 11) is 0. The maximum Gasteiger partial charge on any atom is 0.135 e. The molecule has 0 N–H and O–H groups in total. The Bertz CT molecular complexity index is 370. The van der Waals surface area contributed by atoms with Gasteiger partial charge < -0.3 is 4.84 Å². The van der Waals surface area contributed by atoms with Gasteiger partial charge in [-0.25, -0.2) is 4.39 Å². The molecule has 1 aliphatic heterocycles. The number of hydrogen-bond acceptors (Lipinski definition) is 2. The molecule has 1 unspecified atom stereocenters. The third-order valence-electron chi connectivity index (χ3n) is 2.61. The van der Waals surface area contributed by atoms with E-state index in [4.69, 9.17) is 4.84 Å². The zero-order valence-corrected chi connectivity index (χ0v) is 8.90. The minimum absolute atomic E-state index is 0.157. The Hall–Kier alpha value is -1.38. The van der Waals surface area contributed by atoms with Gasteiger partial charge in [0.25, 0.3) is 0 Å². The average molecular weight is 207 g/mol. The number of nitrogens with zero attached hydrogens (tertiary/aromatic N) is 1. The first-order valence-corrected chi connectivity index (χ1v) is 5.15. The molecule has 1 heterocycles. The van der Waals surface area contributed by atoms with Crippen molar-refractivity contribution >= 4 is 5.71 Å². The van der Waals surface area contributed by atoms with Crippen molar-refractivity contribution in [3.05, 3.63) is 35.6 Å². The van der Waals surface area contributed by atoms with Gasteiger partial charge in [-0.05, 0) is 23.6 Å². The van der Waals surface area contributed by atoms with Crippen LogP contribution in [0, 0.1) is 11.7 Å². The van der Waals surface area contributed by atoms with Crippen LogP contribution in [0.1, 0.15) is 25.8 Å². The lowest BCUT2D eigenvalue weighted by Gasteiger charge is -2.10. The van der Waals surface area contributed by atoms with Crippen LogP contribution in [-0.2, 0) is 4.84 Å². The second-order valence-corrected chi connectivity index (χ2v) is 4.14. The van der Waals surface area contributed by atoms with Gasteiger partial charge in [-0.1, -0.05) is 31.1 Å². The van der Waals surface area contributed by atoms with Gasteiger partial charge in [0.1, 0.15) is 11.9 Å². The van der Waals surface area contributed by atoms with E-state index in [-0.39, 0.29) is 11.9 Å². The van der Waals surface area contributed by atoms with E-state index in [0.29, 0.717) is 5.92 Å². The van der Waals surface area contributed by atoms with E-state index in [0.717, 1.165) is 17.7 Å². The first-order valence-electron chi connectivity index (χ1n) is 5.15. The first-order chi connectivity index (χ1) is 7.16.